The van der Waals surface area contributed by atoms with Gasteiger partial charge in [-0.1, -0.05) is 77.7 Å². The maximum Gasteiger partial charge on any atom is 0.337 e. The maximum atomic E-state index is 14.9. The molecule has 8 aromatic rings. The van der Waals surface area contributed by atoms with E-state index in [1.54, 1.807) is 81.6 Å². The number of halogens is 3. The molecule has 0 saturated carbocycles. The molecule has 8 rings (SSSR count). The van der Waals surface area contributed by atoms with E-state index in [1.165, 1.54) is 22.4 Å². The van der Waals surface area contributed by atoms with Crippen LogP contribution in [0.15, 0.2) is 135 Å². The van der Waals surface area contributed by atoms with E-state index in [0.717, 1.165) is 22.3 Å². The lowest BCUT2D eigenvalue weighted by molar-refractivity contribution is 0.417. The van der Waals surface area contributed by atoms with Crippen LogP contribution in [0.1, 0.15) is 42.1 Å². The van der Waals surface area contributed by atoms with Gasteiger partial charge in [0, 0.05) is 35.3 Å². The minimum atomic E-state index is -1.07. The molecule has 60 heavy (non-hydrogen) atoms. The molecule has 0 aliphatic heterocycles. The van der Waals surface area contributed by atoms with E-state index in [9.17, 15) is 28.0 Å². The number of H-pyrrole nitrogens is 1. The number of benzene rings is 5. The first-order valence-electron chi connectivity index (χ1n) is 18.3. The zero-order chi connectivity index (χ0) is 42.7. The van der Waals surface area contributed by atoms with Crippen molar-refractivity contribution in [3.05, 3.63) is 196 Å². The average Bonchev–Trinajstić information content (AvgIpc) is 3.73. The Kier molecular flexibility index (Phi) is 11.5. The molecular formula is C46H33ClF2N6O5. The Morgan fingerprint density at radius 2 is 1.27 bits per heavy atom. The predicted octanol–water partition coefficient (Wildman–Crippen LogP) is 6.89. The highest BCUT2D eigenvalue weighted by Gasteiger charge is 2.23. The minimum Gasteiger partial charge on any atom is -0.495 e. The summed E-state index contributed by atoms with van der Waals surface area (Å²) in [4.78, 5) is 51.9. The molecule has 11 nitrogen and oxygen atoms in total. The van der Waals surface area contributed by atoms with Gasteiger partial charge in [0.25, 0.3) is 11.1 Å². The van der Waals surface area contributed by atoms with E-state index in [2.05, 4.69) is 33.9 Å². The van der Waals surface area contributed by atoms with E-state index in [1.807, 2.05) is 36.4 Å². The van der Waals surface area contributed by atoms with Crippen LogP contribution in [0.3, 0.4) is 0 Å². The van der Waals surface area contributed by atoms with Gasteiger partial charge in [0.05, 0.1) is 29.4 Å². The lowest BCUT2D eigenvalue weighted by Crippen LogP contribution is -2.40. The second-order valence-electron chi connectivity index (χ2n) is 13.5. The minimum absolute atomic E-state index is 0.0510. The molecule has 0 saturated heterocycles. The molecule has 3 aromatic heterocycles. The van der Waals surface area contributed by atoms with Crippen molar-refractivity contribution < 1.29 is 13.5 Å². The Labute approximate surface area is 345 Å². The fourth-order valence-electron chi connectivity index (χ4n) is 6.53. The number of para-hydroxylation sites is 1. The molecule has 0 atom stereocenters. The SMILES string of the molecule is CC(C)n1c(=O)n(-c2c(F)cc(C#Cc3ccccc3)cc2F)c(=O)c2cn[nH]c21.COc1cccc2c(=O)n(-c3ccc(C#Cc4ccccc4)cc3Cl)c(=O)n(C)c12. The first-order chi connectivity index (χ1) is 28.9. The number of nitrogens with one attached hydrogen (secondary N) is 1. The van der Waals surface area contributed by atoms with Gasteiger partial charge in [0.2, 0.25) is 0 Å². The van der Waals surface area contributed by atoms with Crippen LogP contribution < -0.4 is 27.2 Å². The lowest BCUT2D eigenvalue weighted by atomic mass is 10.1. The Bertz CT molecular complexity index is 3310. The molecule has 3 heterocycles. The van der Waals surface area contributed by atoms with E-state index in [4.69, 9.17) is 16.3 Å². The maximum absolute atomic E-state index is 14.9. The second kappa shape index (κ2) is 17.0. The third-order valence-corrected chi connectivity index (χ3v) is 9.66. The second-order valence-corrected chi connectivity index (χ2v) is 14.0. The van der Waals surface area contributed by atoms with Crippen molar-refractivity contribution in [3.63, 3.8) is 0 Å². The molecule has 14 heteroatoms. The molecule has 1 N–H and O–H groups in total. The summed E-state index contributed by atoms with van der Waals surface area (Å²) < 4.78 is 39.3. The van der Waals surface area contributed by atoms with E-state index in [0.29, 0.717) is 38.0 Å². The van der Waals surface area contributed by atoms with Gasteiger partial charge in [0.15, 0.2) is 11.6 Å². The van der Waals surface area contributed by atoms with Gasteiger partial charge in [-0.25, -0.2) is 27.5 Å². The average molecular weight is 823 g/mol. The normalized spacial score (nSPS) is 10.7. The molecule has 0 bridgehead atoms. The number of rotatable bonds is 4. The van der Waals surface area contributed by atoms with Crippen molar-refractivity contribution in [2.75, 3.05) is 7.11 Å². The molecule has 0 radical (unpaired) electrons. The van der Waals surface area contributed by atoms with Gasteiger partial charge in [-0.2, -0.15) is 5.10 Å². The number of nitrogens with zero attached hydrogens (tertiary/aromatic N) is 5. The summed E-state index contributed by atoms with van der Waals surface area (Å²) in [5.74, 6) is 9.93. The number of hydrogen-bond acceptors (Lipinski definition) is 6. The number of ether oxygens (including phenoxy) is 1. The molecule has 298 valence electrons. The summed E-state index contributed by atoms with van der Waals surface area (Å²) in [7, 11) is 3.09. The number of hydrogen-bond donors (Lipinski definition) is 1. The smallest absolute Gasteiger partial charge is 0.337 e. The Balaban J connectivity index is 0.000000181. The molecular weight excluding hydrogens is 790 g/mol. The summed E-state index contributed by atoms with van der Waals surface area (Å²) >= 11 is 6.45. The molecule has 0 amide bonds. The van der Waals surface area contributed by atoms with Crippen LogP contribution >= 0.6 is 11.6 Å². The molecule has 0 aliphatic rings. The van der Waals surface area contributed by atoms with E-state index < -0.39 is 39.8 Å². The molecule has 0 spiro atoms. The quantitative estimate of drug-likeness (QED) is 0.193. The monoisotopic (exact) mass is 822 g/mol. The fraction of sp³-hybridized carbons (Fsp3) is 0.109. The topological polar surface area (TPSA) is 126 Å². The van der Waals surface area contributed by atoms with Crippen molar-refractivity contribution in [3.8, 4) is 40.8 Å². The van der Waals surface area contributed by atoms with Crippen LogP contribution in [0, 0.1) is 35.3 Å². The number of fused-ring (bicyclic) bond motifs is 2. The van der Waals surface area contributed by atoms with Crippen LogP contribution in [-0.4, -0.2) is 35.6 Å². The van der Waals surface area contributed by atoms with Crippen LogP contribution in [-0.2, 0) is 7.05 Å². The van der Waals surface area contributed by atoms with Crippen molar-refractivity contribution in [2.45, 2.75) is 19.9 Å². The van der Waals surface area contributed by atoms with Crippen molar-refractivity contribution in [1.82, 2.24) is 28.5 Å². The summed E-state index contributed by atoms with van der Waals surface area (Å²) in [5.41, 5.74) is -0.178. The van der Waals surface area contributed by atoms with Gasteiger partial charge in [0.1, 0.15) is 28.0 Å². The molecule has 0 fully saturated rings. The summed E-state index contributed by atoms with van der Waals surface area (Å²) in [6.07, 6.45) is 1.22. The number of methoxy groups -OCH3 is 1. The van der Waals surface area contributed by atoms with Crippen LogP contribution in [0.4, 0.5) is 8.78 Å². The predicted molar refractivity (Wildman–Crippen MR) is 227 cm³/mol. The largest absolute Gasteiger partial charge is 0.495 e. The van der Waals surface area contributed by atoms with Gasteiger partial charge < -0.3 is 4.74 Å². The van der Waals surface area contributed by atoms with Crippen LogP contribution in [0.5, 0.6) is 5.75 Å². The number of aryl methyl sites for hydroxylation is 1. The zero-order valence-electron chi connectivity index (χ0n) is 32.5. The van der Waals surface area contributed by atoms with Crippen LogP contribution in [0.25, 0.3) is 33.3 Å². The molecule has 5 aromatic carbocycles. The number of aromatic amines is 1. The highest BCUT2D eigenvalue weighted by atomic mass is 35.5. The molecule has 0 unspecified atom stereocenters. The summed E-state index contributed by atoms with van der Waals surface area (Å²) in [5, 5.41) is 7.06. The van der Waals surface area contributed by atoms with Crippen molar-refractivity contribution in [1.29, 1.82) is 0 Å². The standard InChI is InChI=1S/C24H17ClN2O3.C22H16F2N4O2/c1-26-22-18(9-6-10-21(22)30-2)23(28)27(24(26)29)20-14-13-17(15-19(20)25)12-11-16-7-4-3-5-8-16;1-13(2)27-20-16(12-25-26-20)21(29)28(22(27)30)19-17(23)10-15(11-18(19)24)9-8-14-6-4-3-5-7-14/h3-10,13-15H,1-2H3;3-7,10-13H,1-2H3,(H,25,26). The van der Waals surface area contributed by atoms with Gasteiger partial charge >= 0.3 is 11.4 Å². The molecule has 0 aliphatic carbocycles. The third-order valence-electron chi connectivity index (χ3n) is 9.35. The summed E-state index contributed by atoms with van der Waals surface area (Å²) in [6.45, 7) is 3.43. The van der Waals surface area contributed by atoms with Crippen molar-refractivity contribution >= 4 is 33.5 Å². The Hall–Kier alpha value is -7.74. The van der Waals surface area contributed by atoms with E-state index in [-0.39, 0.29) is 27.7 Å². The highest BCUT2D eigenvalue weighted by Crippen LogP contribution is 2.24. The van der Waals surface area contributed by atoms with E-state index >= 15 is 0 Å². The van der Waals surface area contributed by atoms with Crippen molar-refractivity contribution in [2.24, 2.45) is 7.05 Å². The van der Waals surface area contributed by atoms with Crippen LogP contribution in [0.2, 0.25) is 5.02 Å². The highest BCUT2D eigenvalue weighted by molar-refractivity contribution is 6.32. The van der Waals surface area contributed by atoms with Gasteiger partial charge in [-0.15, -0.1) is 0 Å². The first kappa shape index (κ1) is 40.5. The summed E-state index contributed by atoms with van der Waals surface area (Å²) in [6, 6.07) is 30.2. The fourth-order valence-corrected chi connectivity index (χ4v) is 6.79. The van der Waals surface area contributed by atoms with Gasteiger partial charge in [-0.3, -0.25) is 23.8 Å². The first-order valence-corrected chi connectivity index (χ1v) is 18.7. The lowest BCUT2D eigenvalue weighted by Gasteiger charge is -2.15. The number of aromatic nitrogens is 6. The zero-order valence-corrected chi connectivity index (χ0v) is 33.2. The van der Waals surface area contributed by atoms with Gasteiger partial charge in [-0.05, 0) is 80.6 Å². The Morgan fingerprint density at radius 3 is 1.85 bits per heavy atom. The Morgan fingerprint density at radius 1 is 0.683 bits per heavy atom. The third kappa shape index (κ3) is 7.77.